The summed E-state index contributed by atoms with van der Waals surface area (Å²) >= 11 is 7.14. The average Bonchev–Trinajstić information content (AvgIpc) is 3.20. The number of halogens is 3. The fourth-order valence-corrected chi connectivity index (χ4v) is 3.76. The number of rotatable bonds is 7. The zero-order chi connectivity index (χ0) is 13.0. The normalized spacial score (nSPS) is 15.9. The summed E-state index contributed by atoms with van der Waals surface area (Å²) in [6.07, 6.45) is 2.60. The van der Waals surface area contributed by atoms with Crippen LogP contribution < -0.4 is 0 Å². The van der Waals surface area contributed by atoms with Crippen LogP contribution in [0.1, 0.15) is 18.4 Å². The topological polar surface area (TPSA) is 9.23 Å². The Hall–Kier alpha value is 0.0700. The molecule has 0 N–H and O–H groups in total. The van der Waals surface area contributed by atoms with Gasteiger partial charge in [0.1, 0.15) is 5.82 Å². The average molecular weight is 380 g/mol. The molecule has 2 rings (SSSR count). The van der Waals surface area contributed by atoms with E-state index in [1.54, 1.807) is 0 Å². The zero-order valence-electron chi connectivity index (χ0n) is 10.2. The van der Waals surface area contributed by atoms with E-state index < -0.39 is 0 Å². The highest BCUT2D eigenvalue weighted by atomic mass is 79.9. The van der Waals surface area contributed by atoms with Gasteiger partial charge in [-0.15, -0.1) is 0 Å². The SMILES string of the molecule is Fc1ccc(C(CBr)(CBr)COCC2CC2)cc1. The predicted octanol–water partition coefficient (Wildman–Crippen LogP) is 4.28. The van der Waals surface area contributed by atoms with Crippen LogP contribution in [-0.2, 0) is 10.2 Å². The van der Waals surface area contributed by atoms with Gasteiger partial charge < -0.3 is 4.74 Å². The Bertz CT molecular complexity index is 372. The smallest absolute Gasteiger partial charge is 0.123 e. The summed E-state index contributed by atoms with van der Waals surface area (Å²) in [5, 5.41) is 1.59. The fourth-order valence-electron chi connectivity index (χ4n) is 1.86. The Balaban J connectivity index is 2.05. The molecule has 1 aliphatic rings. The highest BCUT2D eigenvalue weighted by Gasteiger charge is 2.32. The van der Waals surface area contributed by atoms with Crippen LogP contribution in [0.25, 0.3) is 0 Å². The summed E-state index contributed by atoms with van der Waals surface area (Å²) in [5.41, 5.74) is 0.983. The molecule has 0 aliphatic heterocycles. The highest BCUT2D eigenvalue weighted by Crippen LogP contribution is 2.32. The van der Waals surface area contributed by atoms with E-state index >= 15 is 0 Å². The highest BCUT2D eigenvalue weighted by molar-refractivity contribution is 9.09. The van der Waals surface area contributed by atoms with Crippen LogP contribution in [-0.4, -0.2) is 23.9 Å². The van der Waals surface area contributed by atoms with Crippen LogP contribution >= 0.6 is 31.9 Å². The third kappa shape index (κ3) is 3.55. The van der Waals surface area contributed by atoms with Crippen LogP contribution in [0.2, 0.25) is 0 Å². The van der Waals surface area contributed by atoms with E-state index in [1.165, 1.54) is 25.0 Å². The Morgan fingerprint density at radius 3 is 2.28 bits per heavy atom. The maximum atomic E-state index is 13.0. The van der Waals surface area contributed by atoms with Gasteiger partial charge in [-0.3, -0.25) is 0 Å². The number of hydrogen-bond acceptors (Lipinski definition) is 1. The van der Waals surface area contributed by atoms with Crippen molar-refractivity contribution in [2.24, 2.45) is 5.92 Å². The Kier molecular flexibility index (Phi) is 5.22. The molecule has 1 aliphatic carbocycles. The van der Waals surface area contributed by atoms with E-state index in [-0.39, 0.29) is 11.2 Å². The maximum absolute atomic E-state index is 13.0. The minimum absolute atomic E-state index is 0.122. The number of hydrogen-bond donors (Lipinski definition) is 0. The lowest BCUT2D eigenvalue weighted by Crippen LogP contribution is -2.36. The summed E-state index contributed by atoms with van der Waals surface area (Å²) < 4.78 is 18.8. The Morgan fingerprint density at radius 1 is 1.17 bits per heavy atom. The molecule has 1 saturated carbocycles. The molecule has 0 unspecified atom stereocenters. The molecular formula is C14H17Br2FO. The summed E-state index contributed by atoms with van der Waals surface area (Å²) in [4.78, 5) is 0. The second-order valence-corrected chi connectivity index (χ2v) is 6.13. The van der Waals surface area contributed by atoms with Gasteiger partial charge in [-0.2, -0.15) is 0 Å². The summed E-state index contributed by atoms with van der Waals surface area (Å²) in [6.45, 7) is 1.51. The van der Waals surface area contributed by atoms with Crippen LogP contribution in [0.3, 0.4) is 0 Å². The van der Waals surface area contributed by atoms with Crippen molar-refractivity contribution in [2.75, 3.05) is 23.9 Å². The number of benzene rings is 1. The second-order valence-electron chi connectivity index (χ2n) is 5.01. The first-order valence-corrected chi connectivity index (χ1v) is 8.40. The lowest BCUT2D eigenvalue weighted by Gasteiger charge is -2.30. The summed E-state index contributed by atoms with van der Waals surface area (Å²) in [6, 6.07) is 6.71. The van der Waals surface area contributed by atoms with Gasteiger partial charge in [-0.05, 0) is 36.5 Å². The van der Waals surface area contributed by atoms with Crippen molar-refractivity contribution in [2.45, 2.75) is 18.3 Å². The molecule has 0 radical (unpaired) electrons. The van der Waals surface area contributed by atoms with E-state index in [2.05, 4.69) is 31.9 Å². The molecule has 0 saturated heterocycles. The Labute approximate surface area is 124 Å². The van der Waals surface area contributed by atoms with Gasteiger partial charge in [0.15, 0.2) is 0 Å². The molecule has 100 valence electrons. The van der Waals surface area contributed by atoms with Crippen molar-refractivity contribution in [3.8, 4) is 0 Å². The molecule has 4 heteroatoms. The lowest BCUT2D eigenvalue weighted by atomic mass is 9.85. The van der Waals surface area contributed by atoms with E-state index in [0.29, 0.717) is 6.61 Å². The molecule has 1 nitrogen and oxygen atoms in total. The molecule has 18 heavy (non-hydrogen) atoms. The van der Waals surface area contributed by atoms with Crippen molar-refractivity contribution in [1.82, 2.24) is 0 Å². The molecule has 0 amide bonds. The van der Waals surface area contributed by atoms with Gasteiger partial charge in [0.05, 0.1) is 6.61 Å². The molecule has 1 aromatic carbocycles. The molecule has 0 bridgehead atoms. The van der Waals surface area contributed by atoms with E-state index in [4.69, 9.17) is 4.74 Å². The molecular weight excluding hydrogens is 363 g/mol. The molecule has 1 fully saturated rings. The maximum Gasteiger partial charge on any atom is 0.123 e. The summed E-state index contributed by atoms with van der Waals surface area (Å²) in [7, 11) is 0. The first kappa shape index (κ1) is 14.5. The predicted molar refractivity (Wildman–Crippen MR) is 79.2 cm³/mol. The standard InChI is InChI=1S/C14H17Br2FO/c15-8-14(9-16,10-18-7-11-1-2-11)12-3-5-13(17)6-4-12/h3-6,11H,1-2,7-10H2. The minimum atomic E-state index is -0.198. The van der Waals surface area contributed by atoms with E-state index in [0.717, 1.165) is 28.7 Å². The van der Waals surface area contributed by atoms with Crippen molar-refractivity contribution < 1.29 is 9.13 Å². The fraction of sp³-hybridized carbons (Fsp3) is 0.571. The monoisotopic (exact) mass is 378 g/mol. The zero-order valence-corrected chi connectivity index (χ0v) is 13.3. The number of ether oxygens (including phenoxy) is 1. The third-order valence-corrected chi connectivity index (χ3v) is 5.54. The molecule has 0 atom stereocenters. The van der Waals surface area contributed by atoms with Gasteiger partial charge >= 0.3 is 0 Å². The lowest BCUT2D eigenvalue weighted by molar-refractivity contribution is 0.0904. The van der Waals surface area contributed by atoms with Crippen molar-refractivity contribution in [1.29, 1.82) is 0 Å². The second kappa shape index (κ2) is 6.49. The van der Waals surface area contributed by atoms with Crippen molar-refractivity contribution >= 4 is 31.9 Å². The van der Waals surface area contributed by atoms with Gasteiger partial charge in [-0.1, -0.05) is 44.0 Å². The van der Waals surface area contributed by atoms with Crippen molar-refractivity contribution in [3.63, 3.8) is 0 Å². The van der Waals surface area contributed by atoms with Crippen LogP contribution in [0, 0.1) is 11.7 Å². The largest absolute Gasteiger partial charge is 0.380 e. The van der Waals surface area contributed by atoms with Crippen LogP contribution in [0.15, 0.2) is 24.3 Å². The quantitative estimate of drug-likeness (QED) is 0.642. The van der Waals surface area contributed by atoms with Crippen LogP contribution in [0.4, 0.5) is 4.39 Å². The van der Waals surface area contributed by atoms with Gasteiger partial charge in [-0.25, -0.2) is 4.39 Å². The first-order valence-electron chi connectivity index (χ1n) is 6.16. The third-order valence-electron chi connectivity index (χ3n) is 3.40. The minimum Gasteiger partial charge on any atom is -0.380 e. The Morgan fingerprint density at radius 2 is 1.78 bits per heavy atom. The first-order chi connectivity index (χ1) is 8.70. The molecule has 1 aromatic rings. The van der Waals surface area contributed by atoms with Crippen molar-refractivity contribution in [3.05, 3.63) is 35.6 Å². The molecule has 0 aromatic heterocycles. The van der Waals surface area contributed by atoms with E-state index in [1.807, 2.05) is 12.1 Å². The van der Waals surface area contributed by atoms with Gasteiger partial charge in [0.25, 0.3) is 0 Å². The van der Waals surface area contributed by atoms with Crippen LogP contribution in [0.5, 0.6) is 0 Å². The van der Waals surface area contributed by atoms with E-state index in [9.17, 15) is 4.39 Å². The number of alkyl halides is 2. The summed E-state index contributed by atoms with van der Waals surface area (Å²) in [5.74, 6) is 0.567. The van der Waals surface area contributed by atoms with Gasteiger partial charge in [0.2, 0.25) is 0 Å². The molecule has 0 heterocycles. The molecule has 0 spiro atoms. The van der Waals surface area contributed by atoms with Gasteiger partial charge in [0, 0.05) is 22.7 Å².